The fraction of sp³-hybridized carbons (Fsp3) is 0.333. The Bertz CT molecular complexity index is 1350. The molecule has 2 heterocycles. The van der Waals surface area contributed by atoms with E-state index in [0.29, 0.717) is 12.2 Å². The number of nitrogens with one attached hydrogen (secondary N) is 2. The van der Waals surface area contributed by atoms with Gasteiger partial charge >= 0.3 is 0 Å². The second kappa shape index (κ2) is 11.1. The molecule has 2 unspecified atom stereocenters. The smallest absolute Gasteiger partial charge is 0.222 e. The van der Waals surface area contributed by atoms with Crippen molar-refractivity contribution >= 4 is 17.2 Å². The zero-order chi connectivity index (χ0) is 26.5. The highest BCUT2D eigenvalue weighted by molar-refractivity contribution is 5.84. The Morgan fingerprint density at radius 3 is 2.71 bits per heavy atom. The molecule has 8 heteroatoms. The lowest BCUT2D eigenvalue weighted by Crippen LogP contribution is -2.47. The summed E-state index contributed by atoms with van der Waals surface area (Å²) in [7, 11) is 0. The maximum Gasteiger partial charge on any atom is 0.222 e. The van der Waals surface area contributed by atoms with Crippen LogP contribution in [0.15, 0.2) is 78.9 Å². The lowest BCUT2D eigenvalue weighted by atomic mass is 9.98. The van der Waals surface area contributed by atoms with E-state index in [0.717, 1.165) is 42.6 Å². The number of anilines is 1. The van der Waals surface area contributed by atoms with Gasteiger partial charge in [-0.1, -0.05) is 72.8 Å². The minimum absolute atomic E-state index is 0.0109. The third-order valence-corrected chi connectivity index (χ3v) is 6.93. The number of para-hydroxylation sites is 1. The molecule has 2 atom stereocenters. The Morgan fingerprint density at radius 1 is 1.13 bits per heavy atom. The number of carbonyl (C=O) groups excluding carboxylic acids is 1. The monoisotopic (exact) mass is 509 g/mol. The Kier molecular flexibility index (Phi) is 7.51. The fourth-order valence-corrected chi connectivity index (χ4v) is 5.21. The number of carbonyl (C=O) groups is 1. The highest BCUT2D eigenvalue weighted by atomic mass is 16.1. The highest BCUT2D eigenvalue weighted by Gasteiger charge is 2.26. The first kappa shape index (κ1) is 25.6. The van der Waals surface area contributed by atoms with Gasteiger partial charge in [0.05, 0.1) is 0 Å². The summed E-state index contributed by atoms with van der Waals surface area (Å²) >= 11 is 0. The molecular weight excluding hydrogens is 474 g/mol. The van der Waals surface area contributed by atoms with Crippen LogP contribution in [0.4, 0.5) is 5.69 Å². The van der Waals surface area contributed by atoms with Crippen molar-refractivity contribution in [2.24, 2.45) is 11.7 Å². The van der Waals surface area contributed by atoms with Crippen LogP contribution in [0.5, 0.6) is 0 Å². The Labute approximate surface area is 223 Å². The van der Waals surface area contributed by atoms with Gasteiger partial charge in [-0.05, 0) is 54.7 Å². The van der Waals surface area contributed by atoms with Crippen molar-refractivity contribution in [1.82, 2.24) is 25.9 Å². The van der Waals surface area contributed by atoms with Crippen LogP contribution in [0.1, 0.15) is 37.8 Å². The number of benzene rings is 2. The molecule has 2 aromatic carbocycles. The van der Waals surface area contributed by atoms with Gasteiger partial charge in [-0.3, -0.25) is 4.79 Å². The van der Waals surface area contributed by atoms with Gasteiger partial charge in [0.1, 0.15) is 0 Å². The molecular formula is C30H35N7O. The summed E-state index contributed by atoms with van der Waals surface area (Å²) in [6.45, 7) is 5.34. The quantitative estimate of drug-likeness (QED) is 0.443. The number of allylic oxidation sites excluding steroid dienone is 4. The molecule has 4 N–H and O–H groups in total. The fourth-order valence-electron chi connectivity index (χ4n) is 5.21. The molecule has 1 aliphatic carbocycles. The van der Waals surface area contributed by atoms with Gasteiger partial charge in [-0.25, -0.2) is 0 Å². The average molecular weight is 510 g/mol. The highest BCUT2D eigenvalue weighted by Crippen LogP contribution is 2.31. The number of hydrogen-bond acceptors (Lipinski definition) is 6. The van der Waals surface area contributed by atoms with Crippen molar-refractivity contribution < 1.29 is 4.79 Å². The standard InChI is InChI=1S/C30H35N7O/c1-30(2,31)18-28(38)32-24-17-16-23-9-3-6-13-27(23)37(20-24)19-21-8-7-10-22(15-14-21)25-11-4-5-12-26(25)29-33-35-36-34-29/h3-15,21,24H,16-20,31H2,1-2H3,(H,32,38)(H,33,34,35,36). The molecule has 0 bridgehead atoms. The zero-order valence-electron chi connectivity index (χ0n) is 22.0. The molecule has 38 heavy (non-hydrogen) atoms. The Balaban J connectivity index is 1.34. The minimum Gasteiger partial charge on any atom is -0.368 e. The average Bonchev–Trinajstić information content (AvgIpc) is 3.25. The van der Waals surface area contributed by atoms with Crippen molar-refractivity contribution in [2.75, 3.05) is 18.0 Å². The molecule has 0 spiro atoms. The van der Waals surface area contributed by atoms with E-state index < -0.39 is 5.54 Å². The summed E-state index contributed by atoms with van der Waals surface area (Å²) in [5.74, 6) is 0.787. The SMILES string of the molecule is CC(C)(N)CC(=O)NC1CCc2ccccc2N(CC2C=CC=C(c3ccccc3-c3nn[nH]n3)C=C2)C1. The molecule has 3 aromatic rings. The summed E-state index contributed by atoms with van der Waals surface area (Å²) in [6, 6.07) is 16.7. The van der Waals surface area contributed by atoms with Crippen LogP contribution in [-0.2, 0) is 11.2 Å². The van der Waals surface area contributed by atoms with Gasteiger partial charge in [-0.2, -0.15) is 5.21 Å². The molecule has 0 saturated carbocycles. The number of fused-ring (bicyclic) bond motifs is 1. The Hall–Kier alpha value is -4.04. The predicted molar refractivity (Wildman–Crippen MR) is 151 cm³/mol. The second-order valence-electron chi connectivity index (χ2n) is 10.8. The third kappa shape index (κ3) is 6.26. The zero-order valence-corrected chi connectivity index (χ0v) is 22.0. The Morgan fingerprint density at radius 2 is 1.92 bits per heavy atom. The molecule has 8 nitrogen and oxygen atoms in total. The van der Waals surface area contributed by atoms with E-state index >= 15 is 0 Å². The van der Waals surface area contributed by atoms with Crippen LogP contribution in [0.2, 0.25) is 0 Å². The van der Waals surface area contributed by atoms with Gasteiger partial charge < -0.3 is 16.0 Å². The summed E-state index contributed by atoms with van der Waals surface area (Å²) in [5.41, 5.74) is 11.2. The number of aryl methyl sites for hydroxylation is 1. The first-order chi connectivity index (χ1) is 18.4. The van der Waals surface area contributed by atoms with E-state index in [1.807, 2.05) is 32.0 Å². The maximum absolute atomic E-state index is 12.7. The number of aromatic amines is 1. The van der Waals surface area contributed by atoms with Crippen LogP contribution >= 0.6 is 0 Å². The van der Waals surface area contributed by atoms with Crippen LogP contribution in [0, 0.1) is 5.92 Å². The number of rotatable bonds is 7. The summed E-state index contributed by atoms with van der Waals surface area (Å²) < 4.78 is 0. The number of amides is 1. The van der Waals surface area contributed by atoms with Crippen LogP contribution in [0.25, 0.3) is 17.0 Å². The van der Waals surface area contributed by atoms with Crippen molar-refractivity contribution in [3.05, 3.63) is 90.0 Å². The van der Waals surface area contributed by atoms with E-state index in [1.54, 1.807) is 0 Å². The predicted octanol–water partition coefficient (Wildman–Crippen LogP) is 4.06. The van der Waals surface area contributed by atoms with Crippen molar-refractivity contribution in [3.8, 4) is 11.4 Å². The first-order valence-corrected chi connectivity index (χ1v) is 13.2. The number of nitrogens with zero attached hydrogens (tertiary/aromatic N) is 4. The van der Waals surface area contributed by atoms with Gasteiger partial charge in [0, 0.05) is 48.3 Å². The van der Waals surface area contributed by atoms with Gasteiger partial charge in [-0.15, -0.1) is 10.2 Å². The molecule has 1 aliphatic heterocycles. The molecule has 5 rings (SSSR count). The third-order valence-electron chi connectivity index (χ3n) is 6.93. The maximum atomic E-state index is 12.7. The number of tetrazole rings is 1. The summed E-state index contributed by atoms with van der Waals surface area (Å²) in [4.78, 5) is 15.1. The van der Waals surface area contributed by atoms with Crippen LogP contribution < -0.4 is 16.0 Å². The van der Waals surface area contributed by atoms with Gasteiger partial charge in [0.25, 0.3) is 0 Å². The van der Waals surface area contributed by atoms with E-state index in [1.165, 1.54) is 11.3 Å². The number of hydrogen-bond donors (Lipinski definition) is 3. The second-order valence-corrected chi connectivity index (χ2v) is 10.8. The lowest BCUT2D eigenvalue weighted by Gasteiger charge is -2.30. The normalized spacial score (nSPS) is 19.3. The molecule has 2 aliphatic rings. The van der Waals surface area contributed by atoms with E-state index in [4.69, 9.17) is 5.73 Å². The van der Waals surface area contributed by atoms with Crippen LogP contribution in [-0.4, -0.2) is 51.2 Å². The molecule has 0 radical (unpaired) electrons. The largest absolute Gasteiger partial charge is 0.368 e. The van der Waals surface area contributed by atoms with Gasteiger partial charge in [0.2, 0.25) is 11.7 Å². The summed E-state index contributed by atoms with van der Waals surface area (Å²) in [6.07, 6.45) is 13.1. The molecule has 0 saturated heterocycles. The van der Waals surface area contributed by atoms with E-state index in [-0.39, 0.29) is 17.9 Å². The molecule has 196 valence electrons. The van der Waals surface area contributed by atoms with E-state index in [9.17, 15) is 4.79 Å². The first-order valence-electron chi connectivity index (χ1n) is 13.2. The lowest BCUT2D eigenvalue weighted by molar-refractivity contribution is -0.122. The van der Waals surface area contributed by atoms with Crippen molar-refractivity contribution in [1.29, 1.82) is 0 Å². The van der Waals surface area contributed by atoms with Gasteiger partial charge in [0.15, 0.2) is 0 Å². The van der Waals surface area contributed by atoms with E-state index in [2.05, 4.69) is 91.6 Å². The molecule has 1 amide bonds. The molecule has 0 fully saturated rings. The molecule has 1 aromatic heterocycles. The number of aromatic nitrogens is 4. The van der Waals surface area contributed by atoms with Crippen LogP contribution in [0.3, 0.4) is 0 Å². The minimum atomic E-state index is -0.527. The number of H-pyrrole nitrogens is 1. The van der Waals surface area contributed by atoms with Crippen molar-refractivity contribution in [3.63, 3.8) is 0 Å². The number of nitrogens with two attached hydrogens (primary N) is 1. The summed E-state index contributed by atoms with van der Waals surface area (Å²) in [5, 5.41) is 17.9. The topological polar surface area (TPSA) is 113 Å². The van der Waals surface area contributed by atoms with Crippen molar-refractivity contribution in [2.45, 2.75) is 44.7 Å².